The van der Waals surface area contributed by atoms with Crippen LogP contribution in [0.15, 0.2) is 134 Å². The largest absolute Gasteiger partial charge is 0.472 e. The first-order chi connectivity index (χ1) is 31.8. The first-order valence-corrected chi connectivity index (χ1v) is 26.0. The fourth-order valence-electron chi connectivity index (χ4n) is 5.14. The normalized spacial score (nSPS) is 15.6. The van der Waals surface area contributed by atoms with Crippen LogP contribution in [0.25, 0.3) is 0 Å². The van der Waals surface area contributed by atoms with Gasteiger partial charge in [0.1, 0.15) is 12.7 Å². The number of phosphoric acid groups is 2. The first kappa shape index (κ1) is 62.2. The molecule has 0 aliphatic rings. The van der Waals surface area contributed by atoms with Crippen LogP contribution in [0.4, 0.5) is 0 Å². The lowest BCUT2D eigenvalue weighted by molar-refractivity contribution is -0.161. The molecule has 0 amide bonds. The van der Waals surface area contributed by atoms with Gasteiger partial charge in [0.2, 0.25) is 0 Å². The SMILES string of the molecule is CC/C=C\C/C=C\C/C=C\C/C=C\C/C=C\C=C/C(O)CCC(=O)OC[C@H](COP(=O)(O)OC[C@@H](O)COP(=O)(O)O)OC(=O)CC/C=C\C/C=C\C/C=C\C/C=C\C/C=C\CCCCC. The van der Waals surface area contributed by atoms with Crippen LogP contribution in [0.5, 0.6) is 0 Å². The smallest absolute Gasteiger partial charge is 0.462 e. The Morgan fingerprint density at radius 3 is 1.50 bits per heavy atom. The van der Waals surface area contributed by atoms with Crippen molar-refractivity contribution in [1.82, 2.24) is 0 Å². The molecule has 0 radical (unpaired) electrons. The van der Waals surface area contributed by atoms with Gasteiger partial charge < -0.3 is 34.4 Å². The summed E-state index contributed by atoms with van der Waals surface area (Å²) in [5, 5.41) is 20.1. The molecule has 0 aliphatic heterocycles. The van der Waals surface area contributed by atoms with E-state index in [0.29, 0.717) is 12.8 Å². The number of unbranched alkanes of at least 4 members (excludes halogenated alkanes) is 3. The fourth-order valence-corrected chi connectivity index (χ4v) is 6.30. The number of hydrogen-bond donors (Lipinski definition) is 5. The van der Waals surface area contributed by atoms with E-state index in [-0.39, 0.29) is 19.3 Å². The molecule has 0 bridgehead atoms. The van der Waals surface area contributed by atoms with Gasteiger partial charge >= 0.3 is 27.6 Å². The van der Waals surface area contributed by atoms with Crippen molar-refractivity contribution in [3.8, 4) is 0 Å². The van der Waals surface area contributed by atoms with Gasteiger partial charge in [0.05, 0.1) is 25.9 Å². The summed E-state index contributed by atoms with van der Waals surface area (Å²) in [6.07, 6.45) is 53.6. The topological polar surface area (TPSA) is 216 Å². The highest BCUT2D eigenvalue weighted by molar-refractivity contribution is 7.47. The zero-order valence-electron chi connectivity index (χ0n) is 39.1. The fraction of sp³-hybridized carbons (Fsp3) is 0.520. The molecule has 0 saturated heterocycles. The van der Waals surface area contributed by atoms with Crippen molar-refractivity contribution in [2.45, 2.75) is 141 Å². The number of ether oxygens (including phenoxy) is 2. The van der Waals surface area contributed by atoms with Gasteiger partial charge in [-0.15, -0.1) is 0 Å². The van der Waals surface area contributed by atoms with E-state index in [1.165, 1.54) is 25.3 Å². The predicted molar refractivity (Wildman–Crippen MR) is 263 cm³/mol. The number of aliphatic hydroxyl groups is 2. The molecule has 0 aromatic carbocycles. The Hall–Kier alpha value is -3.78. The number of esters is 2. The zero-order chi connectivity index (χ0) is 48.8. The summed E-state index contributed by atoms with van der Waals surface area (Å²) in [7, 11) is -9.80. The molecule has 66 heavy (non-hydrogen) atoms. The molecular weight excluding hydrogens is 886 g/mol. The summed E-state index contributed by atoms with van der Waals surface area (Å²) < 4.78 is 47.5. The zero-order valence-corrected chi connectivity index (χ0v) is 40.9. The number of carbonyl (C=O) groups excluding carboxylic acids is 2. The van der Waals surface area contributed by atoms with E-state index in [1.807, 2.05) is 30.4 Å². The Labute approximate surface area is 394 Å². The maximum absolute atomic E-state index is 12.7. The Morgan fingerprint density at radius 2 is 0.985 bits per heavy atom. The molecule has 0 saturated carbocycles. The number of phosphoric ester groups is 2. The van der Waals surface area contributed by atoms with Crippen LogP contribution >= 0.6 is 15.6 Å². The highest BCUT2D eigenvalue weighted by Gasteiger charge is 2.28. The van der Waals surface area contributed by atoms with E-state index >= 15 is 0 Å². The average Bonchev–Trinajstić information content (AvgIpc) is 3.28. The molecule has 0 fully saturated rings. The molecule has 16 heteroatoms. The van der Waals surface area contributed by atoms with Crippen LogP contribution in [0, 0.1) is 0 Å². The average molecular weight is 965 g/mol. The molecule has 0 spiro atoms. The minimum absolute atomic E-state index is 0.0438. The summed E-state index contributed by atoms with van der Waals surface area (Å²) in [6.45, 7) is 1.24. The van der Waals surface area contributed by atoms with Crippen molar-refractivity contribution < 1.29 is 66.7 Å². The Balaban J connectivity index is 4.85. The minimum atomic E-state index is -4.90. The molecule has 0 aromatic heterocycles. The number of hydrogen-bond acceptors (Lipinski definition) is 11. The molecule has 0 aromatic rings. The van der Waals surface area contributed by atoms with Gasteiger partial charge in [-0.1, -0.05) is 160 Å². The van der Waals surface area contributed by atoms with Crippen LogP contribution in [-0.4, -0.2) is 81.6 Å². The van der Waals surface area contributed by atoms with Crippen molar-refractivity contribution in [2.24, 2.45) is 0 Å². The van der Waals surface area contributed by atoms with Crippen LogP contribution < -0.4 is 0 Å². The third-order valence-corrected chi connectivity index (χ3v) is 10.1. The third kappa shape index (κ3) is 46.7. The van der Waals surface area contributed by atoms with Gasteiger partial charge in [0.15, 0.2) is 6.10 Å². The standard InChI is InChI=1S/C50H78O14P2/c1-3-5-7-9-11-13-15-17-19-21-22-23-25-27-29-31-33-35-37-39-50(54)64-48(45-63-66(58,59)62-43-47(52)42-61-65(55,56)57)44-60-49(53)41-40-46(51)38-36-34-32-30-28-26-24-20-18-16-14-12-10-8-6-4-2/h6,8,11-14,17-20,22-23,26-29,32-36,38,46-48,51-52H,3-5,7,9-10,15-16,21,24-25,30-31,37,39-45H2,1-2H3,(H,58,59)(H2,55,56,57)/b8-6-,13-11-,14-12-,19-17-,20-18-,23-22-,28-26-,29-27-,34-32-,35-33-,38-36-/t46?,47-,48+/m0/s1. The summed E-state index contributed by atoms with van der Waals surface area (Å²) >= 11 is 0. The van der Waals surface area contributed by atoms with Gasteiger partial charge in [-0.25, -0.2) is 9.13 Å². The van der Waals surface area contributed by atoms with E-state index in [4.69, 9.17) is 23.8 Å². The van der Waals surface area contributed by atoms with Crippen LogP contribution in [0.2, 0.25) is 0 Å². The second-order valence-corrected chi connectivity index (χ2v) is 17.5. The lowest BCUT2D eigenvalue weighted by atomic mass is 10.2. The van der Waals surface area contributed by atoms with E-state index in [0.717, 1.165) is 57.8 Å². The molecular formula is C50H78O14P2. The van der Waals surface area contributed by atoms with Gasteiger partial charge in [-0.3, -0.25) is 23.2 Å². The van der Waals surface area contributed by atoms with Crippen molar-refractivity contribution in [2.75, 3.05) is 26.4 Å². The summed E-state index contributed by atoms with van der Waals surface area (Å²) in [6, 6.07) is 0. The highest BCUT2D eigenvalue weighted by Crippen LogP contribution is 2.43. The third-order valence-electron chi connectivity index (χ3n) is 8.64. The summed E-state index contributed by atoms with van der Waals surface area (Å²) in [4.78, 5) is 52.8. The van der Waals surface area contributed by atoms with Crippen LogP contribution in [0.3, 0.4) is 0 Å². The number of rotatable bonds is 41. The number of allylic oxidation sites excluding steroid dienone is 21. The van der Waals surface area contributed by atoms with Crippen molar-refractivity contribution in [3.05, 3.63) is 134 Å². The number of carbonyl (C=O) groups is 2. The summed E-state index contributed by atoms with van der Waals surface area (Å²) in [5.41, 5.74) is 0. The molecule has 5 N–H and O–H groups in total. The lowest BCUT2D eigenvalue weighted by Gasteiger charge is -2.20. The molecule has 0 aliphatic carbocycles. The minimum Gasteiger partial charge on any atom is -0.462 e. The first-order valence-electron chi connectivity index (χ1n) is 23.0. The monoisotopic (exact) mass is 964 g/mol. The molecule has 14 nitrogen and oxygen atoms in total. The Kier molecular flexibility index (Phi) is 41.3. The Bertz CT molecular complexity index is 1680. The molecule has 0 rings (SSSR count). The predicted octanol–water partition coefficient (Wildman–Crippen LogP) is 11.2. The molecule has 0 heterocycles. The lowest BCUT2D eigenvalue weighted by Crippen LogP contribution is -2.30. The van der Waals surface area contributed by atoms with Gasteiger partial charge in [0.25, 0.3) is 0 Å². The quantitative estimate of drug-likeness (QED) is 0.0127. The van der Waals surface area contributed by atoms with Crippen LogP contribution in [0.1, 0.15) is 123 Å². The van der Waals surface area contributed by atoms with Crippen molar-refractivity contribution >= 4 is 27.6 Å². The van der Waals surface area contributed by atoms with Crippen molar-refractivity contribution in [1.29, 1.82) is 0 Å². The summed E-state index contributed by atoms with van der Waals surface area (Å²) in [5.74, 6) is -1.42. The second-order valence-electron chi connectivity index (χ2n) is 14.8. The van der Waals surface area contributed by atoms with E-state index in [1.54, 1.807) is 12.2 Å². The van der Waals surface area contributed by atoms with Gasteiger partial charge in [0, 0.05) is 12.8 Å². The molecule has 2 unspecified atom stereocenters. The maximum atomic E-state index is 12.7. The van der Waals surface area contributed by atoms with E-state index in [2.05, 4.69) is 108 Å². The molecule has 372 valence electrons. The van der Waals surface area contributed by atoms with E-state index < -0.39 is 72.3 Å². The van der Waals surface area contributed by atoms with Crippen LogP contribution in [-0.2, 0) is 41.8 Å². The number of aliphatic hydroxyl groups excluding tert-OH is 2. The Morgan fingerprint density at radius 1 is 0.515 bits per heavy atom. The second kappa shape index (κ2) is 43.8. The highest BCUT2D eigenvalue weighted by atomic mass is 31.2. The molecule has 4 atom stereocenters. The van der Waals surface area contributed by atoms with Crippen molar-refractivity contribution in [3.63, 3.8) is 0 Å². The van der Waals surface area contributed by atoms with E-state index in [9.17, 15) is 33.8 Å². The van der Waals surface area contributed by atoms with Gasteiger partial charge in [-0.2, -0.15) is 0 Å². The van der Waals surface area contributed by atoms with Gasteiger partial charge in [-0.05, 0) is 83.5 Å². The maximum Gasteiger partial charge on any atom is 0.472 e.